The van der Waals surface area contributed by atoms with Crippen LogP contribution < -0.4 is 14.4 Å². The predicted octanol–water partition coefficient (Wildman–Crippen LogP) is 1.57. The van der Waals surface area contributed by atoms with Crippen molar-refractivity contribution >= 4 is 5.95 Å². The largest absolute Gasteiger partial charge is 0.493 e. The topological polar surface area (TPSA) is 60.4 Å². The average molecular weight is 274 g/mol. The molecule has 2 rings (SSSR count). The predicted molar refractivity (Wildman–Crippen MR) is 76.3 cm³/mol. The highest BCUT2D eigenvalue weighted by atomic mass is 16.5. The van der Waals surface area contributed by atoms with Gasteiger partial charge < -0.3 is 14.4 Å². The molecule has 6 nitrogen and oxygen atoms in total. The highest BCUT2D eigenvalue weighted by Crippen LogP contribution is 2.27. The molecule has 0 N–H and O–H groups in total. The van der Waals surface area contributed by atoms with Crippen LogP contribution in [0.5, 0.6) is 11.5 Å². The van der Waals surface area contributed by atoms with Crippen molar-refractivity contribution in [2.75, 3.05) is 32.7 Å². The number of methoxy groups -OCH3 is 2. The number of benzene rings is 1. The normalized spacial score (nSPS) is 10.2. The van der Waals surface area contributed by atoms with Gasteiger partial charge in [0.1, 0.15) is 12.7 Å². The van der Waals surface area contributed by atoms with Crippen LogP contribution >= 0.6 is 0 Å². The standard InChI is InChI=1S/C14H18N4O2/c1-18(14-16-9-15-10-17-14)7-6-11-4-5-12(19-2)13(8-11)20-3/h4-5,8-10H,6-7H2,1-3H3. The Kier molecular flexibility index (Phi) is 4.70. The van der Waals surface area contributed by atoms with Gasteiger partial charge in [-0.1, -0.05) is 6.07 Å². The molecular weight excluding hydrogens is 256 g/mol. The van der Waals surface area contributed by atoms with Gasteiger partial charge in [-0.3, -0.25) is 0 Å². The number of likely N-dealkylation sites (N-methyl/N-ethyl adjacent to an activating group) is 1. The highest BCUT2D eigenvalue weighted by molar-refractivity contribution is 5.43. The number of hydrogen-bond acceptors (Lipinski definition) is 6. The Labute approximate surface area is 118 Å². The van der Waals surface area contributed by atoms with Crippen LogP contribution in [-0.4, -0.2) is 42.8 Å². The molecule has 0 spiro atoms. The van der Waals surface area contributed by atoms with Crippen LogP contribution in [0.2, 0.25) is 0 Å². The maximum atomic E-state index is 5.30. The Hall–Kier alpha value is -2.37. The van der Waals surface area contributed by atoms with Crippen LogP contribution in [0.15, 0.2) is 30.9 Å². The SMILES string of the molecule is COc1ccc(CCN(C)c2ncncn2)cc1OC. The molecule has 0 atom stereocenters. The molecular formula is C14H18N4O2. The van der Waals surface area contributed by atoms with Gasteiger partial charge in [0.05, 0.1) is 14.2 Å². The van der Waals surface area contributed by atoms with Crippen molar-refractivity contribution < 1.29 is 9.47 Å². The first-order valence-electron chi connectivity index (χ1n) is 6.28. The molecule has 0 saturated heterocycles. The van der Waals surface area contributed by atoms with E-state index < -0.39 is 0 Å². The first kappa shape index (κ1) is 14.0. The number of ether oxygens (including phenoxy) is 2. The molecule has 1 aromatic carbocycles. The first-order valence-corrected chi connectivity index (χ1v) is 6.28. The van der Waals surface area contributed by atoms with Crippen molar-refractivity contribution in [2.24, 2.45) is 0 Å². The van der Waals surface area contributed by atoms with Crippen molar-refractivity contribution in [2.45, 2.75) is 6.42 Å². The maximum Gasteiger partial charge on any atom is 0.228 e. The highest BCUT2D eigenvalue weighted by Gasteiger charge is 2.07. The van der Waals surface area contributed by atoms with Crippen molar-refractivity contribution in [3.05, 3.63) is 36.4 Å². The molecule has 6 heteroatoms. The molecule has 2 aromatic rings. The summed E-state index contributed by atoms with van der Waals surface area (Å²) in [5.41, 5.74) is 1.17. The van der Waals surface area contributed by atoms with Crippen LogP contribution in [0.3, 0.4) is 0 Å². The molecule has 0 aliphatic rings. The van der Waals surface area contributed by atoms with E-state index in [4.69, 9.17) is 9.47 Å². The second-order valence-electron chi connectivity index (χ2n) is 4.30. The Morgan fingerprint density at radius 3 is 2.40 bits per heavy atom. The smallest absolute Gasteiger partial charge is 0.228 e. The van der Waals surface area contributed by atoms with E-state index in [2.05, 4.69) is 15.0 Å². The van der Waals surface area contributed by atoms with Crippen LogP contribution in [0.25, 0.3) is 0 Å². The third-order valence-corrected chi connectivity index (χ3v) is 3.01. The molecule has 20 heavy (non-hydrogen) atoms. The zero-order valence-electron chi connectivity index (χ0n) is 11.9. The lowest BCUT2D eigenvalue weighted by Crippen LogP contribution is -2.22. The summed E-state index contributed by atoms with van der Waals surface area (Å²) in [5, 5.41) is 0. The third kappa shape index (κ3) is 3.34. The molecule has 0 amide bonds. The van der Waals surface area contributed by atoms with E-state index >= 15 is 0 Å². The van der Waals surface area contributed by atoms with Crippen molar-refractivity contribution in [1.29, 1.82) is 0 Å². The van der Waals surface area contributed by atoms with Crippen LogP contribution in [0.1, 0.15) is 5.56 Å². The van der Waals surface area contributed by atoms with Gasteiger partial charge in [0.15, 0.2) is 11.5 Å². The summed E-state index contributed by atoms with van der Waals surface area (Å²) in [6, 6.07) is 5.93. The van der Waals surface area contributed by atoms with E-state index in [0.717, 1.165) is 24.5 Å². The van der Waals surface area contributed by atoms with Crippen LogP contribution in [-0.2, 0) is 6.42 Å². The summed E-state index contributed by atoms with van der Waals surface area (Å²) in [6.45, 7) is 0.805. The fourth-order valence-corrected chi connectivity index (χ4v) is 1.86. The zero-order valence-corrected chi connectivity index (χ0v) is 11.9. The number of anilines is 1. The second kappa shape index (κ2) is 6.70. The van der Waals surface area contributed by atoms with E-state index in [1.54, 1.807) is 14.2 Å². The van der Waals surface area contributed by atoms with Crippen LogP contribution in [0, 0.1) is 0 Å². The van der Waals surface area contributed by atoms with Gasteiger partial charge in [0.2, 0.25) is 5.95 Å². The van der Waals surface area contributed by atoms with Gasteiger partial charge in [-0.15, -0.1) is 0 Å². The van der Waals surface area contributed by atoms with E-state index in [1.807, 2.05) is 30.1 Å². The maximum absolute atomic E-state index is 5.30. The molecule has 0 radical (unpaired) electrons. The lowest BCUT2D eigenvalue weighted by atomic mass is 10.1. The van der Waals surface area contributed by atoms with E-state index in [9.17, 15) is 0 Å². The third-order valence-electron chi connectivity index (χ3n) is 3.01. The van der Waals surface area contributed by atoms with Crippen molar-refractivity contribution in [3.63, 3.8) is 0 Å². The van der Waals surface area contributed by atoms with E-state index in [0.29, 0.717) is 5.95 Å². The van der Waals surface area contributed by atoms with E-state index in [-0.39, 0.29) is 0 Å². The van der Waals surface area contributed by atoms with Gasteiger partial charge in [-0.25, -0.2) is 15.0 Å². The molecule has 1 aromatic heterocycles. The molecule has 0 unspecified atom stereocenters. The summed E-state index contributed by atoms with van der Waals surface area (Å²) < 4.78 is 10.5. The summed E-state index contributed by atoms with van der Waals surface area (Å²) in [5.74, 6) is 2.15. The summed E-state index contributed by atoms with van der Waals surface area (Å²) >= 11 is 0. The Morgan fingerprint density at radius 1 is 1.05 bits per heavy atom. The molecule has 0 saturated carbocycles. The number of nitrogens with zero attached hydrogens (tertiary/aromatic N) is 4. The fraction of sp³-hybridized carbons (Fsp3) is 0.357. The van der Waals surface area contributed by atoms with Gasteiger partial charge in [0.25, 0.3) is 0 Å². The molecule has 1 heterocycles. The molecule has 0 aliphatic heterocycles. The Balaban J connectivity index is 2.00. The average Bonchev–Trinajstić information content (AvgIpc) is 2.53. The Morgan fingerprint density at radius 2 is 1.75 bits per heavy atom. The molecule has 0 fully saturated rings. The minimum atomic E-state index is 0.667. The lowest BCUT2D eigenvalue weighted by Gasteiger charge is -2.16. The van der Waals surface area contributed by atoms with Crippen molar-refractivity contribution in [3.8, 4) is 11.5 Å². The Bertz CT molecular complexity index is 548. The van der Waals surface area contributed by atoms with Gasteiger partial charge >= 0.3 is 0 Å². The van der Waals surface area contributed by atoms with Gasteiger partial charge in [0, 0.05) is 13.6 Å². The lowest BCUT2D eigenvalue weighted by molar-refractivity contribution is 0.354. The monoisotopic (exact) mass is 274 g/mol. The molecule has 106 valence electrons. The first-order chi connectivity index (χ1) is 9.74. The zero-order chi connectivity index (χ0) is 14.4. The summed E-state index contributed by atoms with van der Waals surface area (Å²) in [6.07, 6.45) is 3.85. The number of aromatic nitrogens is 3. The minimum absolute atomic E-state index is 0.667. The summed E-state index contributed by atoms with van der Waals surface area (Å²) in [4.78, 5) is 14.0. The molecule has 0 aliphatic carbocycles. The van der Waals surface area contributed by atoms with Gasteiger partial charge in [-0.05, 0) is 24.1 Å². The fourth-order valence-electron chi connectivity index (χ4n) is 1.86. The quantitative estimate of drug-likeness (QED) is 0.797. The second-order valence-corrected chi connectivity index (χ2v) is 4.30. The van der Waals surface area contributed by atoms with Crippen molar-refractivity contribution in [1.82, 2.24) is 15.0 Å². The number of rotatable bonds is 6. The molecule has 0 bridgehead atoms. The minimum Gasteiger partial charge on any atom is -0.493 e. The summed E-state index contributed by atoms with van der Waals surface area (Å²) in [7, 11) is 5.22. The van der Waals surface area contributed by atoms with Gasteiger partial charge in [-0.2, -0.15) is 0 Å². The van der Waals surface area contributed by atoms with E-state index in [1.165, 1.54) is 18.2 Å². The number of hydrogen-bond donors (Lipinski definition) is 0. The van der Waals surface area contributed by atoms with Crippen LogP contribution in [0.4, 0.5) is 5.95 Å².